The number of aromatic nitrogens is 4. The van der Waals surface area contributed by atoms with Crippen LogP contribution >= 0.6 is 0 Å². The smallest absolute Gasteiger partial charge is 0.224 e. The third-order valence-electron chi connectivity index (χ3n) is 5.92. The number of benzene rings is 1. The summed E-state index contributed by atoms with van der Waals surface area (Å²) >= 11 is 0. The Morgan fingerprint density at radius 2 is 1.97 bits per heavy atom. The maximum Gasteiger partial charge on any atom is 0.224 e. The average molecular weight is 445 g/mol. The topological polar surface area (TPSA) is 94.1 Å². The minimum Gasteiger partial charge on any atom is -0.494 e. The molecule has 1 aliphatic carbocycles. The van der Waals surface area contributed by atoms with Gasteiger partial charge < -0.3 is 14.8 Å². The minimum atomic E-state index is -0.713. The summed E-state index contributed by atoms with van der Waals surface area (Å²) in [6.45, 7) is 1.77. The molecule has 0 spiro atoms. The second-order valence-corrected chi connectivity index (χ2v) is 7.72. The van der Waals surface area contributed by atoms with Gasteiger partial charge in [-0.3, -0.25) is 14.6 Å². The number of halogens is 2. The average Bonchev–Trinajstić information content (AvgIpc) is 3.36. The number of aromatic amines is 1. The second-order valence-electron chi connectivity index (χ2n) is 7.72. The molecule has 2 N–H and O–H groups in total. The number of anilines is 1. The summed E-state index contributed by atoms with van der Waals surface area (Å²) in [7, 11) is 4.45. The standard InChI is InChI=1S/C22H25F2N5O3/c1-5-17(30)26-14-10-25-29(2)22(14)21-12-7-6-11(8-13(12)27-28-21)18-19(23)15(31-3)9-16(32-4)20(18)24/h9-11H,5-8H2,1-4H3,(H,26,30)(H,27,28). The van der Waals surface area contributed by atoms with Gasteiger partial charge in [0.2, 0.25) is 5.91 Å². The summed E-state index contributed by atoms with van der Waals surface area (Å²) < 4.78 is 41.8. The van der Waals surface area contributed by atoms with E-state index >= 15 is 8.78 Å². The molecular formula is C22H25F2N5O3. The van der Waals surface area contributed by atoms with Gasteiger partial charge in [-0.1, -0.05) is 6.92 Å². The number of rotatable bonds is 6. The maximum absolute atomic E-state index is 15.0. The van der Waals surface area contributed by atoms with E-state index in [1.54, 1.807) is 24.9 Å². The largest absolute Gasteiger partial charge is 0.494 e. The van der Waals surface area contributed by atoms with Crippen molar-refractivity contribution in [2.24, 2.45) is 7.05 Å². The lowest BCUT2D eigenvalue weighted by molar-refractivity contribution is -0.115. The van der Waals surface area contributed by atoms with Crippen molar-refractivity contribution in [1.82, 2.24) is 20.0 Å². The molecule has 2 heterocycles. The number of H-pyrrole nitrogens is 1. The molecule has 0 aliphatic heterocycles. The molecule has 8 nitrogen and oxygen atoms in total. The highest BCUT2D eigenvalue weighted by molar-refractivity contribution is 5.94. The van der Waals surface area contributed by atoms with E-state index in [2.05, 4.69) is 20.6 Å². The van der Waals surface area contributed by atoms with Crippen LogP contribution in [0.5, 0.6) is 11.5 Å². The zero-order chi connectivity index (χ0) is 23.0. The molecule has 1 aliphatic rings. The van der Waals surface area contributed by atoms with Crippen LogP contribution in [0.25, 0.3) is 11.4 Å². The van der Waals surface area contributed by atoms with Gasteiger partial charge in [0.1, 0.15) is 11.4 Å². The molecule has 1 amide bonds. The molecule has 2 aromatic heterocycles. The van der Waals surface area contributed by atoms with Crippen LogP contribution in [0.3, 0.4) is 0 Å². The fourth-order valence-corrected chi connectivity index (χ4v) is 4.26. The van der Waals surface area contributed by atoms with Crippen molar-refractivity contribution in [2.45, 2.75) is 38.5 Å². The van der Waals surface area contributed by atoms with Gasteiger partial charge in [0.15, 0.2) is 23.1 Å². The van der Waals surface area contributed by atoms with Crippen molar-refractivity contribution in [2.75, 3.05) is 19.5 Å². The van der Waals surface area contributed by atoms with E-state index in [-0.39, 0.29) is 23.0 Å². The van der Waals surface area contributed by atoms with E-state index in [4.69, 9.17) is 9.47 Å². The van der Waals surface area contributed by atoms with Gasteiger partial charge in [0.05, 0.1) is 26.1 Å². The van der Waals surface area contributed by atoms with Crippen LogP contribution in [0.2, 0.25) is 0 Å². The summed E-state index contributed by atoms with van der Waals surface area (Å²) in [5.41, 5.74) is 3.64. The number of fused-ring (bicyclic) bond motifs is 1. The molecule has 0 radical (unpaired) electrons. The Morgan fingerprint density at radius 1 is 1.28 bits per heavy atom. The first-order valence-electron chi connectivity index (χ1n) is 10.4. The van der Waals surface area contributed by atoms with E-state index < -0.39 is 17.6 Å². The third kappa shape index (κ3) is 3.59. The molecule has 32 heavy (non-hydrogen) atoms. The lowest BCUT2D eigenvalue weighted by atomic mass is 9.81. The predicted octanol–water partition coefficient (Wildman–Crippen LogP) is 3.73. The summed E-state index contributed by atoms with van der Waals surface area (Å²) in [5, 5.41) is 14.6. The minimum absolute atomic E-state index is 0.0422. The Kier molecular flexibility index (Phi) is 5.86. The van der Waals surface area contributed by atoms with Gasteiger partial charge in [0.25, 0.3) is 0 Å². The van der Waals surface area contributed by atoms with Crippen molar-refractivity contribution in [3.63, 3.8) is 0 Å². The lowest BCUT2D eigenvalue weighted by Crippen LogP contribution is -2.17. The van der Waals surface area contributed by atoms with Gasteiger partial charge in [-0.25, -0.2) is 8.78 Å². The second kappa shape index (κ2) is 8.60. The zero-order valence-corrected chi connectivity index (χ0v) is 18.4. The molecule has 170 valence electrons. The van der Waals surface area contributed by atoms with Gasteiger partial charge in [-0.2, -0.15) is 10.2 Å². The number of amides is 1. The van der Waals surface area contributed by atoms with E-state index in [1.807, 2.05) is 0 Å². The molecule has 10 heteroatoms. The summed E-state index contributed by atoms with van der Waals surface area (Å²) in [6, 6.07) is 1.21. The fraction of sp³-hybridized carbons (Fsp3) is 0.409. The molecule has 1 atom stereocenters. The van der Waals surface area contributed by atoms with E-state index in [0.29, 0.717) is 42.8 Å². The summed E-state index contributed by atoms with van der Waals surface area (Å²) in [6.07, 6.45) is 3.37. The van der Waals surface area contributed by atoms with Crippen molar-refractivity contribution in [1.29, 1.82) is 0 Å². The van der Waals surface area contributed by atoms with Gasteiger partial charge in [-0.15, -0.1) is 0 Å². The quantitative estimate of drug-likeness (QED) is 0.603. The Balaban J connectivity index is 1.70. The van der Waals surface area contributed by atoms with Crippen LogP contribution in [-0.2, 0) is 24.7 Å². The normalized spacial score (nSPS) is 15.4. The Labute approximate surface area is 183 Å². The van der Waals surface area contributed by atoms with Crippen molar-refractivity contribution < 1.29 is 23.0 Å². The van der Waals surface area contributed by atoms with Crippen molar-refractivity contribution in [3.8, 4) is 22.9 Å². The number of methoxy groups -OCH3 is 2. The molecule has 0 bridgehead atoms. The van der Waals surface area contributed by atoms with Crippen LogP contribution in [0.15, 0.2) is 12.3 Å². The van der Waals surface area contributed by atoms with Crippen LogP contribution in [0, 0.1) is 11.6 Å². The Bertz CT molecular complexity index is 1140. The molecule has 1 aromatic carbocycles. The highest BCUT2D eigenvalue weighted by Gasteiger charge is 2.32. The fourth-order valence-electron chi connectivity index (χ4n) is 4.26. The highest BCUT2D eigenvalue weighted by atomic mass is 19.1. The lowest BCUT2D eigenvalue weighted by Gasteiger charge is -2.25. The SMILES string of the molecule is CCC(=O)Nc1cnn(C)c1-c1n[nH]c2c1CCC(c1c(F)c(OC)cc(OC)c1F)C2. The first-order valence-corrected chi connectivity index (χ1v) is 10.4. The number of hydrogen-bond donors (Lipinski definition) is 2. The monoisotopic (exact) mass is 445 g/mol. The van der Waals surface area contributed by atoms with Crippen molar-refractivity contribution in [3.05, 3.63) is 40.7 Å². The molecule has 1 unspecified atom stereocenters. The number of carbonyl (C=O) groups is 1. The van der Waals surface area contributed by atoms with E-state index in [1.165, 1.54) is 20.3 Å². The zero-order valence-electron chi connectivity index (χ0n) is 18.4. The molecular weight excluding hydrogens is 420 g/mol. The first kappa shape index (κ1) is 21.8. The third-order valence-corrected chi connectivity index (χ3v) is 5.92. The Morgan fingerprint density at radius 3 is 2.59 bits per heavy atom. The van der Waals surface area contributed by atoms with Crippen LogP contribution in [0.4, 0.5) is 14.5 Å². The Hall–Kier alpha value is -3.43. The number of carbonyl (C=O) groups excluding carboxylic acids is 1. The molecule has 3 aromatic rings. The summed E-state index contributed by atoms with van der Waals surface area (Å²) in [5.74, 6) is -2.07. The maximum atomic E-state index is 15.0. The van der Waals surface area contributed by atoms with Gasteiger partial charge >= 0.3 is 0 Å². The number of aryl methyl sites for hydroxylation is 1. The van der Waals surface area contributed by atoms with E-state index in [0.717, 1.165) is 11.3 Å². The van der Waals surface area contributed by atoms with Crippen molar-refractivity contribution >= 4 is 11.6 Å². The molecule has 0 fully saturated rings. The van der Waals surface area contributed by atoms with Crippen LogP contribution in [-0.4, -0.2) is 40.1 Å². The van der Waals surface area contributed by atoms with Gasteiger partial charge in [0, 0.05) is 36.4 Å². The predicted molar refractivity (Wildman–Crippen MR) is 114 cm³/mol. The molecule has 0 saturated heterocycles. The van der Waals surface area contributed by atoms with Gasteiger partial charge in [-0.05, 0) is 25.2 Å². The first-order chi connectivity index (χ1) is 15.4. The van der Waals surface area contributed by atoms with E-state index in [9.17, 15) is 4.79 Å². The number of hydrogen-bond acceptors (Lipinski definition) is 5. The van der Waals surface area contributed by atoms with Crippen LogP contribution < -0.4 is 14.8 Å². The molecule has 0 saturated carbocycles. The van der Waals surface area contributed by atoms with Crippen LogP contribution in [0.1, 0.15) is 42.5 Å². The molecule has 4 rings (SSSR count). The number of ether oxygens (including phenoxy) is 2. The highest BCUT2D eigenvalue weighted by Crippen LogP contribution is 2.42. The summed E-state index contributed by atoms with van der Waals surface area (Å²) in [4.78, 5) is 11.9. The number of nitrogens with zero attached hydrogens (tertiary/aromatic N) is 3. The number of nitrogens with one attached hydrogen (secondary N) is 2.